The number of carboxylic acid groups (broad SMARTS) is 1. The van der Waals surface area contributed by atoms with Gasteiger partial charge >= 0.3 is 12.0 Å². The third kappa shape index (κ3) is 4.11. The Balaban J connectivity index is 2.62. The van der Waals surface area contributed by atoms with E-state index in [4.69, 9.17) is 0 Å². The molecule has 0 bridgehead atoms. The van der Waals surface area contributed by atoms with Gasteiger partial charge in [0.15, 0.2) is 0 Å². The van der Waals surface area contributed by atoms with Crippen molar-refractivity contribution in [3.05, 3.63) is 0 Å². The third-order valence-corrected chi connectivity index (χ3v) is 3.95. The van der Waals surface area contributed by atoms with Crippen LogP contribution in [0.3, 0.4) is 0 Å². The lowest BCUT2D eigenvalue weighted by Crippen LogP contribution is -2.55. The molecule has 19 heavy (non-hydrogen) atoms. The average molecular weight is 270 g/mol. The molecule has 2 atom stereocenters. The number of carbonyl (C=O) groups excluding carboxylic acids is 1. The summed E-state index contributed by atoms with van der Waals surface area (Å²) in [6.07, 6.45) is 3.13. The summed E-state index contributed by atoms with van der Waals surface area (Å²) in [6.45, 7) is 9.65. The Hall–Kier alpha value is -1.26. The van der Waals surface area contributed by atoms with Crippen molar-refractivity contribution in [3.8, 4) is 0 Å². The van der Waals surface area contributed by atoms with Gasteiger partial charge in [0.05, 0.1) is 0 Å². The summed E-state index contributed by atoms with van der Waals surface area (Å²) in [4.78, 5) is 23.2. The van der Waals surface area contributed by atoms with E-state index in [9.17, 15) is 14.7 Å². The highest BCUT2D eigenvalue weighted by molar-refractivity contribution is 5.83. The van der Waals surface area contributed by atoms with E-state index in [0.717, 1.165) is 19.3 Å². The molecule has 0 aliphatic heterocycles. The predicted molar refractivity (Wildman–Crippen MR) is 74.0 cm³/mol. The molecule has 1 aliphatic rings. The number of carboxylic acids is 1. The summed E-state index contributed by atoms with van der Waals surface area (Å²) in [7, 11) is 0. The topological polar surface area (TPSA) is 78.4 Å². The van der Waals surface area contributed by atoms with Gasteiger partial charge in [0.2, 0.25) is 0 Å². The van der Waals surface area contributed by atoms with Gasteiger partial charge in [0, 0.05) is 6.04 Å². The summed E-state index contributed by atoms with van der Waals surface area (Å²) in [5, 5.41) is 14.7. The second kappa shape index (κ2) is 5.39. The van der Waals surface area contributed by atoms with Crippen molar-refractivity contribution in [3.63, 3.8) is 0 Å². The molecule has 0 aromatic carbocycles. The lowest BCUT2D eigenvalue weighted by Gasteiger charge is -2.31. The highest BCUT2D eigenvalue weighted by Crippen LogP contribution is 2.37. The smallest absolute Gasteiger partial charge is 0.326 e. The first-order valence-electron chi connectivity index (χ1n) is 6.84. The van der Waals surface area contributed by atoms with E-state index in [0.29, 0.717) is 0 Å². The molecule has 5 heteroatoms. The molecule has 2 amide bonds. The highest BCUT2D eigenvalue weighted by atomic mass is 16.4. The maximum Gasteiger partial charge on any atom is 0.326 e. The lowest BCUT2D eigenvalue weighted by molar-refractivity contribution is -0.141. The van der Waals surface area contributed by atoms with Gasteiger partial charge in [-0.25, -0.2) is 9.59 Å². The highest BCUT2D eigenvalue weighted by Gasteiger charge is 2.37. The van der Waals surface area contributed by atoms with Crippen LogP contribution in [0.2, 0.25) is 0 Å². The van der Waals surface area contributed by atoms with Crippen molar-refractivity contribution in [2.24, 2.45) is 10.8 Å². The van der Waals surface area contributed by atoms with Crippen molar-refractivity contribution in [1.29, 1.82) is 0 Å². The summed E-state index contributed by atoms with van der Waals surface area (Å²) < 4.78 is 0. The number of nitrogens with one attached hydrogen (secondary N) is 2. The Morgan fingerprint density at radius 1 is 1.32 bits per heavy atom. The van der Waals surface area contributed by atoms with Crippen molar-refractivity contribution >= 4 is 12.0 Å². The fourth-order valence-electron chi connectivity index (χ4n) is 2.57. The van der Waals surface area contributed by atoms with Crippen molar-refractivity contribution in [1.82, 2.24) is 10.6 Å². The van der Waals surface area contributed by atoms with E-state index < -0.39 is 17.4 Å². The Morgan fingerprint density at radius 3 is 2.26 bits per heavy atom. The van der Waals surface area contributed by atoms with Crippen molar-refractivity contribution in [2.75, 3.05) is 0 Å². The van der Waals surface area contributed by atoms with E-state index in [-0.39, 0.29) is 17.5 Å². The van der Waals surface area contributed by atoms with Crippen LogP contribution in [0.4, 0.5) is 4.79 Å². The molecule has 3 N–H and O–H groups in total. The lowest BCUT2D eigenvalue weighted by atomic mass is 9.86. The molecule has 1 aliphatic carbocycles. The average Bonchev–Trinajstić information content (AvgIpc) is 2.52. The van der Waals surface area contributed by atoms with Gasteiger partial charge in [0.25, 0.3) is 0 Å². The number of rotatable bonds is 3. The molecule has 0 saturated heterocycles. The Bertz CT molecular complexity index is 358. The van der Waals surface area contributed by atoms with Gasteiger partial charge in [0.1, 0.15) is 6.04 Å². The zero-order valence-electron chi connectivity index (χ0n) is 12.5. The fourth-order valence-corrected chi connectivity index (χ4v) is 2.57. The second-order valence-corrected chi connectivity index (χ2v) is 7.19. The first kappa shape index (κ1) is 15.8. The molecule has 1 fully saturated rings. The Morgan fingerprint density at radius 2 is 1.89 bits per heavy atom. The quantitative estimate of drug-likeness (QED) is 0.736. The number of amides is 2. The first-order valence-corrected chi connectivity index (χ1v) is 6.84. The summed E-state index contributed by atoms with van der Waals surface area (Å²) >= 11 is 0. The standard InChI is InChI=1S/C14H26N2O3/c1-13(2,3)10(11(17)18)16-12(19)15-9-7-6-8-14(9,4)5/h9-10H,6-8H2,1-5H3,(H,17,18)(H2,15,16,19)/t9?,10-/m0/s1. The fraction of sp³-hybridized carbons (Fsp3) is 0.857. The Kier molecular flexibility index (Phi) is 4.48. The maximum atomic E-state index is 12.0. The molecule has 1 unspecified atom stereocenters. The van der Waals surface area contributed by atoms with Crippen LogP contribution in [0.25, 0.3) is 0 Å². The second-order valence-electron chi connectivity index (χ2n) is 7.19. The Labute approximate surface area is 115 Å². The molecule has 110 valence electrons. The summed E-state index contributed by atoms with van der Waals surface area (Å²) in [6, 6.07) is -1.17. The predicted octanol–water partition coefficient (Wildman–Crippen LogP) is 2.36. The van der Waals surface area contributed by atoms with Crippen LogP contribution in [-0.2, 0) is 4.79 Å². The van der Waals surface area contributed by atoms with Gasteiger partial charge in [-0.2, -0.15) is 0 Å². The van der Waals surface area contributed by atoms with Crippen LogP contribution < -0.4 is 10.6 Å². The zero-order valence-corrected chi connectivity index (χ0v) is 12.5. The number of carbonyl (C=O) groups is 2. The molecule has 0 heterocycles. The third-order valence-electron chi connectivity index (χ3n) is 3.95. The minimum absolute atomic E-state index is 0.0811. The van der Waals surface area contributed by atoms with Gasteiger partial charge in [-0.15, -0.1) is 0 Å². The summed E-state index contributed by atoms with van der Waals surface area (Å²) in [5.74, 6) is -1.01. The van der Waals surface area contributed by atoms with E-state index in [1.807, 2.05) is 0 Å². The van der Waals surface area contributed by atoms with Crippen molar-refractivity contribution < 1.29 is 14.7 Å². The SMILES string of the molecule is CC1(C)CCCC1NC(=O)N[C@@H](C(=O)O)C(C)(C)C. The molecule has 0 spiro atoms. The first-order chi connectivity index (χ1) is 8.54. The van der Waals surface area contributed by atoms with Gasteiger partial charge in [-0.05, 0) is 23.7 Å². The molecule has 0 aromatic heterocycles. The van der Waals surface area contributed by atoms with Crippen LogP contribution in [0.1, 0.15) is 53.9 Å². The minimum Gasteiger partial charge on any atom is -0.480 e. The van der Waals surface area contributed by atoms with Crippen LogP contribution in [-0.4, -0.2) is 29.2 Å². The van der Waals surface area contributed by atoms with E-state index in [1.165, 1.54) is 0 Å². The minimum atomic E-state index is -1.01. The molecule has 1 rings (SSSR count). The monoisotopic (exact) mass is 270 g/mol. The van der Waals surface area contributed by atoms with Gasteiger partial charge in [-0.1, -0.05) is 41.0 Å². The maximum absolute atomic E-state index is 12.0. The number of urea groups is 1. The van der Waals surface area contributed by atoms with Crippen molar-refractivity contribution in [2.45, 2.75) is 66.0 Å². The molecule has 0 radical (unpaired) electrons. The van der Waals surface area contributed by atoms with Crippen LogP contribution in [0.5, 0.6) is 0 Å². The van der Waals surface area contributed by atoms with E-state index in [1.54, 1.807) is 20.8 Å². The van der Waals surface area contributed by atoms with Crippen LogP contribution in [0.15, 0.2) is 0 Å². The number of hydrogen-bond acceptors (Lipinski definition) is 2. The normalized spacial score (nSPS) is 23.7. The van der Waals surface area contributed by atoms with Crippen LogP contribution >= 0.6 is 0 Å². The molecular weight excluding hydrogens is 244 g/mol. The van der Waals surface area contributed by atoms with Gasteiger partial charge < -0.3 is 15.7 Å². The number of aliphatic carboxylic acids is 1. The van der Waals surface area contributed by atoms with Crippen LogP contribution in [0, 0.1) is 10.8 Å². The molecular formula is C14H26N2O3. The van der Waals surface area contributed by atoms with E-state index in [2.05, 4.69) is 24.5 Å². The molecule has 5 nitrogen and oxygen atoms in total. The zero-order chi connectivity index (χ0) is 14.8. The van der Waals surface area contributed by atoms with E-state index >= 15 is 0 Å². The summed E-state index contributed by atoms with van der Waals surface area (Å²) in [5.41, 5.74) is -0.438. The molecule has 0 aromatic rings. The number of hydrogen-bond donors (Lipinski definition) is 3. The largest absolute Gasteiger partial charge is 0.480 e. The molecule has 1 saturated carbocycles. The van der Waals surface area contributed by atoms with Gasteiger partial charge in [-0.3, -0.25) is 0 Å².